The summed E-state index contributed by atoms with van der Waals surface area (Å²) in [5.74, 6) is 1.43. The second-order valence-corrected chi connectivity index (χ2v) is 6.31. The summed E-state index contributed by atoms with van der Waals surface area (Å²) in [7, 11) is 3.21. The van der Waals surface area contributed by atoms with Crippen molar-refractivity contribution in [1.82, 2.24) is 4.90 Å². The standard InChI is InChI=1S/C18H25NO3/c1-21-16-11-8-13(12-17(16)22-2)18(20)19(15-9-10-15)14-6-4-3-5-7-14/h8,11-12,14-15H,3-7,9-10H2,1-2H3. The van der Waals surface area contributed by atoms with Crippen molar-refractivity contribution >= 4 is 5.91 Å². The van der Waals surface area contributed by atoms with E-state index < -0.39 is 0 Å². The van der Waals surface area contributed by atoms with Crippen LogP contribution in [0.1, 0.15) is 55.3 Å². The van der Waals surface area contributed by atoms with Gasteiger partial charge in [0.25, 0.3) is 5.91 Å². The quantitative estimate of drug-likeness (QED) is 0.833. The van der Waals surface area contributed by atoms with Crippen LogP contribution in [0.2, 0.25) is 0 Å². The largest absolute Gasteiger partial charge is 0.493 e. The minimum absolute atomic E-state index is 0.148. The summed E-state index contributed by atoms with van der Waals surface area (Å²) in [6, 6.07) is 6.34. The van der Waals surface area contributed by atoms with Crippen molar-refractivity contribution < 1.29 is 14.3 Å². The molecule has 0 unspecified atom stereocenters. The molecule has 4 heteroatoms. The van der Waals surface area contributed by atoms with E-state index >= 15 is 0 Å². The minimum atomic E-state index is 0.148. The van der Waals surface area contributed by atoms with Crippen LogP contribution < -0.4 is 9.47 Å². The van der Waals surface area contributed by atoms with Gasteiger partial charge in [-0.05, 0) is 43.9 Å². The Hall–Kier alpha value is -1.71. The molecule has 2 saturated carbocycles. The number of ether oxygens (including phenoxy) is 2. The van der Waals surface area contributed by atoms with E-state index in [9.17, 15) is 4.79 Å². The zero-order valence-electron chi connectivity index (χ0n) is 13.5. The van der Waals surface area contributed by atoms with Crippen LogP contribution in [0.15, 0.2) is 18.2 Å². The van der Waals surface area contributed by atoms with Crippen LogP contribution in [0.25, 0.3) is 0 Å². The summed E-state index contributed by atoms with van der Waals surface area (Å²) >= 11 is 0. The summed E-state index contributed by atoms with van der Waals surface area (Å²) in [4.78, 5) is 15.2. The number of rotatable bonds is 5. The van der Waals surface area contributed by atoms with Gasteiger partial charge in [0.2, 0.25) is 0 Å². The van der Waals surface area contributed by atoms with Crippen molar-refractivity contribution in [3.05, 3.63) is 23.8 Å². The van der Waals surface area contributed by atoms with Gasteiger partial charge in [-0.15, -0.1) is 0 Å². The molecule has 22 heavy (non-hydrogen) atoms. The second kappa shape index (κ2) is 6.59. The highest BCUT2D eigenvalue weighted by Gasteiger charge is 2.38. The highest BCUT2D eigenvalue weighted by molar-refractivity contribution is 5.95. The third kappa shape index (κ3) is 3.06. The van der Waals surface area contributed by atoms with Gasteiger partial charge in [-0.1, -0.05) is 19.3 Å². The van der Waals surface area contributed by atoms with Gasteiger partial charge in [0.05, 0.1) is 14.2 Å². The Bertz CT molecular complexity index is 533. The summed E-state index contributed by atoms with van der Waals surface area (Å²) < 4.78 is 10.6. The van der Waals surface area contributed by atoms with Gasteiger partial charge in [-0.2, -0.15) is 0 Å². The van der Waals surface area contributed by atoms with Gasteiger partial charge >= 0.3 is 0 Å². The number of benzene rings is 1. The molecule has 0 N–H and O–H groups in total. The molecule has 0 heterocycles. The number of carbonyl (C=O) groups is 1. The molecule has 0 spiro atoms. The third-order valence-corrected chi connectivity index (χ3v) is 4.77. The molecule has 0 saturated heterocycles. The Morgan fingerprint density at radius 3 is 2.18 bits per heavy atom. The third-order valence-electron chi connectivity index (χ3n) is 4.77. The lowest BCUT2D eigenvalue weighted by atomic mass is 9.93. The molecule has 0 aromatic heterocycles. The van der Waals surface area contributed by atoms with Crippen LogP contribution in [0, 0.1) is 0 Å². The molecule has 3 rings (SSSR count). The first-order chi connectivity index (χ1) is 10.7. The average Bonchev–Trinajstić information content (AvgIpc) is 3.40. The molecule has 1 aromatic rings. The maximum atomic E-state index is 13.0. The Labute approximate surface area is 132 Å². The molecule has 1 amide bonds. The van der Waals surface area contributed by atoms with Crippen molar-refractivity contribution in [1.29, 1.82) is 0 Å². The van der Waals surface area contributed by atoms with Crippen molar-refractivity contribution in [3.63, 3.8) is 0 Å². The first-order valence-corrected chi connectivity index (χ1v) is 8.29. The van der Waals surface area contributed by atoms with Gasteiger partial charge < -0.3 is 14.4 Å². The average molecular weight is 303 g/mol. The van der Waals surface area contributed by atoms with Crippen LogP contribution in [-0.2, 0) is 0 Å². The number of methoxy groups -OCH3 is 2. The Morgan fingerprint density at radius 2 is 1.59 bits per heavy atom. The number of amides is 1. The number of hydrogen-bond acceptors (Lipinski definition) is 3. The Balaban J connectivity index is 1.83. The first-order valence-electron chi connectivity index (χ1n) is 8.29. The Morgan fingerprint density at radius 1 is 0.955 bits per heavy atom. The summed E-state index contributed by atoms with van der Waals surface area (Å²) in [6.45, 7) is 0. The molecule has 0 aliphatic heterocycles. The molecule has 2 aliphatic carbocycles. The molecule has 120 valence electrons. The van der Waals surface area contributed by atoms with Gasteiger partial charge in [0, 0.05) is 17.6 Å². The fourth-order valence-corrected chi connectivity index (χ4v) is 3.46. The summed E-state index contributed by atoms with van der Waals surface area (Å²) in [5, 5.41) is 0. The van der Waals surface area contributed by atoms with E-state index in [-0.39, 0.29) is 5.91 Å². The predicted molar refractivity (Wildman–Crippen MR) is 85.6 cm³/mol. The lowest BCUT2D eigenvalue weighted by Crippen LogP contribution is -2.43. The molecular formula is C18H25NO3. The fraction of sp³-hybridized carbons (Fsp3) is 0.611. The van der Waals surface area contributed by atoms with Gasteiger partial charge in [0.1, 0.15) is 0 Å². The van der Waals surface area contributed by atoms with Crippen molar-refractivity contribution in [2.75, 3.05) is 14.2 Å². The number of nitrogens with zero attached hydrogens (tertiary/aromatic N) is 1. The lowest BCUT2D eigenvalue weighted by Gasteiger charge is -2.34. The van der Waals surface area contributed by atoms with Crippen LogP contribution in [0.5, 0.6) is 11.5 Å². The van der Waals surface area contributed by atoms with E-state index in [0.717, 1.165) is 25.7 Å². The molecule has 0 atom stereocenters. The van der Waals surface area contributed by atoms with Crippen LogP contribution in [0.4, 0.5) is 0 Å². The fourth-order valence-electron chi connectivity index (χ4n) is 3.46. The normalized spacial score (nSPS) is 18.8. The minimum Gasteiger partial charge on any atom is -0.493 e. The number of hydrogen-bond donors (Lipinski definition) is 0. The highest BCUT2D eigenvalue weighted by Crippen LogP contribution is 2.36. The number of carbonyl (C=O) groups excluding carboxylic acids is 1. The van der Waals surface area contributed by atoms with E-state index in [1.165, 1.54) is 19.3 Å². The van der Waals surface area contributed by atoms with Gasteiger partial charge in [0.15, 0.2) is 11.5 Å². The SMILES string of the molecule is COc1ccc(C(=O)N(C2CCCCC2)C2CC2)cc1OC. The smallest absolute Gasteiger partial charge is 0.254 e. The van der Waals surface area contributed by atoms with E-state index in [2.05, 4.69) is 4.90 Å². The second-order valence-electron chi connectivity index (χ2n) is 6.31. The van der Waals surface area contributed by atoms with Gasteiger partial charge in [-0.3, -0.25) is 4.79 Å². The first kappa shape index (κ1) is 15.2. The van der Waals surface area contributed by atoms with E-state index in [0.29, 0.717) is 29.1 Å². The molecule has 2 fully saturated rings. The zero-order chi connectivity index (χ0) is 15.5. The molecule has 0 bridgehead atoms. The van der Waals surface area contributed by atoms with Crippen molar-refractivity contribution in [2.45, 2.75) is 57.0 Å². The van der Waals surface area contributed by atoms with Crippen LogP contribution in [-0.4, -0.2) is 37.1 Å². The highest BCUT2D eigenvalue weighted by atomic mass is 16.5. The lowest BCUT2D eigenvalue weighted by molar-refractivity contribution is 0.0613. The monoisotopic (exact) mass is 303 g/mol. The van der Waals surface area contributed by atoms with Crippen molar-refractivity contribution in [2.24, 2.45) is 0 Å². The Kier molecular flexibility index (Phi) is 4.55. The van der Waals surface area contributed by atoms with Crippen LogP contribution in [0.3, 0.4) is 0 Å². The molecule has 1 aromatic carbocycles. The van der Waals surface area contributed by atoms with Crippen molar-refractivity contribution in [3.8, 4) is 11.5 Å². The zero-order valence-corrected chi connectivity index (χ0v) is 13.5. The van der Waals surface area contributed by atoms with E-state index in [1.807, 2.05) is 12.1 Å². The maximum absolute atomic E-state index is 13.0. The van der Waals surface area contributed by atoms with Crippen LogP contribution >= 0.6 is 0 Å². The maximum Gasteiger partial charge on any atom is 0.254 e. The van der Waals surface area contributed by atoms with E-state index in [4.69, 9.17) is 9.47 Å². The molecule has 2 aliphatic rings. The molecule has 0 radical (unpaired) electrons. The summed E-state index contributed by atoms with van der Waals surface area (Å²) in [5.41, 5.74) is 0.704. The summed E-state index contributed by atoms with van der Waals surface area (Å²) in [6.07, 6.45) is 8.38. The predicted octanol–water partition coefficient (Wildman–Crippen LogP) is 3.64. The molecule has 4 nitrogen and oxygen atoms in total. The molecular weight excluding hydrogens is 278 g/mol. The topological polar surface area (TPSA) is 38.8 Å². The van der Waals surface area contributed by atoms with E-state index in [1.54, 1.807) is 20.3 Å². The van der Waals surface area contributed by atoms with Gasteiger partial charge in [-0.25, -0.2) is 0 Å².